The van der Waals surface area contributed by atoms with Crippen molar-refractivity contribution in [2.45, 2.75) is 25.7 Å². The third kappa shape index (κ3) is 5.08. The molecular weight excluding hydrogens is 396 g/mol. The van der Waals surface area contributed by atoms with Crippen LogP contribution in [0.2, 0.25) is 0 Å². The van der Waals surface area contributed by atoms with E-state index in [2.05, 4.69) is 66.9 Å². The normalized spacial score (nSPS) is 14.5. The largest absolute Gasteiger partial charge is 0.370 e. The minimum atomic E-state index is 0.597. The number of fused-ring (bicyclic) bond motifs is 1. The third-order valence-electron chi connectivity index (χ3n) is 6.02. The van der Waals surface area contributed by atoms with Crippen molar-refractivity contribution in [3.63, 3.8) is 0 Å². The Labute approximate surface area is 189 Å². The van der Waals surface area contributed by atoms with Crippen molar-refractivity contribution in [1.29, 1.82) is 0 Å². The summed E-state index contributed by atoms with van der Waals surface area (Å²) in [5.41, 5.74) is 4.32. The van der Waals surface area contributed by atoms with Gasteiger partial charge in [0.2, 0.25) is 5.95 Å². The molecule has 1 aliphatic rings. The Bertz CT molecular complexity index is 1130. The van der Waals surface area contributed by atoms with Crippen LogP contribution in [-0.2, 0) is 0 Å². The SMILES string of the molecule is c1cc(Nc2nccc(NCCCN3CCCCC3)n2)cc(-c2cc3ccccc3[nH]2)c1. The number of aromatic nitrogens is 3. The zero-order valence-corrected chi connectivity index (χ0v) is 18.3. The van der Waals surface area contributed by atoms with Crippen LogP contribution in [-0.4, -0.2) is 46.0 Å². The van der Waals surface area contributed by atoms with Gasteiger partial charge in [0.05, 0.1) is 0 Å². The summed E-state index contributed by atoms with van der Waals surface area (Å²) < 4.78 is 0. The van der Waals surface area contributed by atoms with Crippen LogP contribution in [0.15, 0.2) is 66.9 Å². The second-order valence-corrected chi connectivity index (χ2v) is 8.42. The van der Waals surface area contributed by atoms with Crippen molar-refractivity contribution in [1.82, 2.24) is 19.9 Å². The molecule has 2 aromatic carbocycles. The maximum atomic E-state index is 4.63. The lowest BCUT2D eigenvalue weighted by Crippen LogP contribution is -2.31. The number of anilines is 3. The van der Waals surface area contributed by atoms with Gasteiger partial charge >= 0.3 is 0 Å². The van der Waals surface area contributed by atoms with E-state index < -0.39 is 0 Å². The second kappa shape index (κ2) is 9.83. The molecule has 6 nitrogen and oxygen atoms in total. The van der Waals surface area contributed by atoms with Crippen molar-refractivity contribution in [2.75, 3.05) is 36.8 Å². The van der Waals surface area contributed by atoms with Crippen LogP contribution in [0.25, 0.3) is 22.2 Å². The Morgan fingerprint density at radius 3 is 2.75 bits per heavy atom. The van der Waals surface area contributed by atoms with Crippen LogP contribution in [0.1, 0.15) is 25.7 Å². The fourth-order valence-electron chi connectivity index (χ4n) is 4.34. The van der Waals surface area contributed by atoms with Crippen LogP contribution in [0, 0.1) is 0 Å². The van der Waals surface area contributed by atoms with Crippen LogP contribution < -0.4 is 10.6 Å². The summed E-state index contributed by atoms with van der Waals surface area (Å²) >= 11 is 0. The van der Waals surface area contributed by atoms with Gasteiger partial charge in [0, 0.05) is 40.6 Å². The first-order chi connectivity index (χ1) is 15.8. The Morgan fingerprint density at radius 1 is 0.938 bits per heavy atom. The molecule has 0 unspecified atom stereocenters. The molecule has 1 saturated heterocycles. The number of nitrogens with zero attached hydrogens (tertiary/aromatic N) is 3. The number of benzene rings is 2. The number of H-pyrrole nitrogens is 1. The molecule has 0 amide bonds. The molecule has 32 heavy (non-hydrogen) atoms. The van der Waals surface area contributed by atoms with Crippen molar-refractivity contribution in [2.24, 2.45) is 0 Å². The lowest BCUT2D eigenvalue weighted by Gasteiger charge is -2.26. The first kappa shape index (κ1) is 20.5. The maximum Gasteiger partial charge on any atom is 0.229 e. The van der Waals surface area contributed by atoms with Gasteiger partial charge in [-0.15, -0.1) is 0 Å². The van der Waals surface area contributed by atoms with Gasteiger partial charge in [0.1, 0.15) is 5.82 Å². The molecule has 0 radical (unpaired) electrons. The zero-order valence-electron chi connectivity index (χ0n) is 18.3. The lowest BCUT2D eigenvalue weighted by atomic mass is 10.1. The highest BCUT2D eigenvalue weighted by Gasteiger charge is 2.09. The minimum absolute atomic E-state index is 0.597. The average molecular weight is 427 g/mol. The fraction of sp³-hybridized carbons (Fsp3) is 0.308. The van der Waals surface area contributed by atoms with E-state index in [1.54, 1.807) is 6.20 Å². The highest BCUT2D eigenvalue weighted by molar-refractivity contribution is 5.86. The molecule has 1 fully saturated rings. The average Bonchev–Trinajstić information content (AvgIpc) is 3.28. The molecule has 0 atom stereocenters. The molecule has 6 heteroatoms. The number of para-hydroxylation sites is 1. The summed E-state index contributed by atoms with van der Waals surface area (Å²) in [5.74, 6) is 1.45. The molecule has 1 aliphatic heterocycles. The van der Waals surface area contributed by atoms with Gasteiger partial charge in [-0.2, -0.15) is 4.98 Å². The first-order valence-electron chi connectivity index (χ1n) is 11.6. The van der Waals surface area contributed by atoms with Crippen molar-refractivity contribution >= 4 is 28.4 Å². The Hall–Kier alpha value is -3.38. The molecule has 3 heterocycles. The quantitative estimate of drug-likeness (QED) is 0.317. The van der Waals surface area contributed by atoms with E-state index in [0.29, 0.717) is 5.95 Å². The van der Waals surface area contributed by atoms with Gasteiger partial charge in [-0.25, -0.2) is 4.98 Å². The maximum absolute atomic E-state index is 4.63. The first-order valence-corrected chi connectivity index (χ1v) is 11.6. The minimum Gasteiger partial charge on any atom is -0.370 e. The van der Waals surface area contributed by atoms with Crippen molar-refractivity contribution in [3.05, 3.63) is 66.9 Å². The topological polar surface area (TPSA) is 68.9 Å². The van der Waals surface area contributed by atoms with Crippen molar-refractivity contribution < 1.29 is 0 Å². The summed E-state index contributed by atoms with van der Waals surface area (Å²) in [6.07, 6.45) is 6.99. The van der Waals surface area contributed by atoms with E-state index in [1.807, 2.05) is 24.3 Å². The molecule has 0 saturated carbocycles. The third-order valence-corrected chi connectivity index (χ3v) is 6.02. The van der Waals surface area contributed by atoms with Crippen molar-refractivity contribution in [3.8, 4) is 11.3 Å². The second-order valence-electron chi connectivity index (χ2n) is 8.42. The standard InChI is InChI=1S/C26H30N6/c1-4-15-32(16-5-1)17-7-13-27-25-12-14-28-26(31-25)29-22-10-6-9-20(18-22)24-19-21-8-2-3-11-23(21)30-24/h2-3,6,8-12,14,18-19,30H,1,4-5,7,13,15-17H2,(H2,27,28,29,31). The molecule has 4 aromatic rings. The number of hydrogen-bond acceptors (Lipinski definition) is 5. The van der Waals surface area contributed by atoms with E-state index in [4.69, 9.17) is 0 Å². The Morgan fingerprint density at radius 2 is 1.84 bits per heavy atom. The molecule has 164 valence electrons. The summed E-state index contributed by atoms with van der Waals surface area (Å²) in [4.78, 5) is 15.1. The van der Waals surface area contributed by atoms with E-state index in [0.717, 1.165) is 47.8 Å². The number of piperidine rings is 1. The van der Waals surface area contributed by atoms with E-state index >= 15 is 0 Å². The van der Waals surface area contributed by atoms with Gasteiger partial charge in [0.25, 0.3) is 0 Å². The van der Waals surface area contributed by atoms with Crippen LogP contribution in [0.4, 0.5) is 17.5 Å². The summed E-state index contributed by atoms with van der Waals surface area (Å²) in [6, 6.07) is 20.7. The molecule has 0 aliphatic carbocycles. The Balaban J connectivity index is 1.20. The monoisotopic (exact) mass is 426 g/mol. The summed E-state index contributed by atoms with van der Waals surface area (Å²) in [5, 5.41) is 8.00. The van der Waals surface area contributed by atoms with Gasteiger partial charge in [0.15, 0.2) is 0 Å². The number of aromatic amines is 1. The van der Waals surface area contributed by atoms with Gasteiger partial charge in [-0.05, 0) is 69.2 Å². The predicted molar refractivity (Wildman–Crippen MR) is 132 cm³/mol. The molecule has 0 spiro atoms. The summed E-state index contributed by atoms with van der Waals surface area (Å²) in [6.45, 7) is 4.57. The van der Waals surface area contributed by atoms with Crippen LogP contribution >= 0.6 is 0 Å². The highest BCUT2D eigenvalue weighted by atomic mass is 15.1. The van der Waals surface area contributed by atoms with Gasteiger partial charge in [-0.1, -0.05) is 36.8 Å². The fourth-order valence-corrected chi connectivity index (χ4v) is 4.34. The van der Waals surface area contributed by atoms with E-state index in [9.17, 15) is 0 Å². The molecule has 3 N–H and O–H groups in total. The molecule has 2 aromatic heterocycles. The van der Waals surface area contributed by atoms with Gasteiger partial charge in [-0.3, -0.25) is 0 Å². The van der Waals surface area contributed by atoms with E-state index in [1.165, 1.54) is 37.7 Å². The number of rotatable bonds is 8. The smallest absolute Gasteiger partial charge is 0.229 e. The van der Waals surface area contributed by atoms with E-state index in [-0.39, 0.29) is 0 Å². The molecular formula is C26H30N6. The molecule has 5 rings (SSSR count). The van der Waals surface area contributed by atoms with Crippen LogP contribution in [0.3, 0.4) is 0 Å². The summed E-state index contributed by atoms with van der Waals surface area (Å²) in [7, 11) is 0. The lowest BCUT2D eigenvalue weighted by molar-refractivity contribution is 0.228. The number of likely N-dealkylation sites (tertiary alicyclic amines) is 1. The number of hydrogen-bond donors (Lipinski definition) is 3. The molecule has 0 bridgehead atoms. The van der Waals surface area contributed by atoms with Crippen LogP contribution in [0.5, 0.6) is 0 Å². The predicted octanol–water partition coefficient (Wildman–Crippen LogP) is 5.66. The van der Waals surface area contributed by atoms with Gasteiger partial charge < -0.3 is 20.5 Å². The highest BCUT2D eigenvalue weighted by Crippen LogP contribution is 2.27. The zero-order chi connectivity index (χ0) is 21.6. The number of nitrogens with one attached hydrogen (secondary N) is 3. The Kier molecular flexibility index (Phi) is 6.30.